The maximum atomic E-state index is 12.9. The highest BCUT2D eigenvalue weighted by Crippen LogP contribution is 2.40. The first-order chi connectivity index (χ1) is 12.0. The molecule has 0 aromatic carbocycles. The van der Waals surface area contributed by atoms with Crippen LogP contribution in [0, 0.1) is 5.92 Å². The molecule has 2 aliphatic heterocycles. The van der Waals surface area contributed by atoms with Crippen molar-refractivity contribution >= 4 is 5.91 Å². The molecule has 1 aromatic heterocycles. The van der Waals surface area contributed by atoms with Gasteiger partial charge in [0.25, 0.3) is 5.91 Å². The van der Waals surface area contributed by atoms with Gasteiger partial charge in [-0.1, -0.05) is 13.8 Å². The predicted molar refractivity (Wildman–Crippen MR) is 97.2 cm³/mol. The summed E-state index contributed by atoms with van der Waals surface area (Å²) < 4.78 is 8.63. The van der Waals surface area contributed by atoms with Crippen molar-refractivity contribution in [2.75, 3.05) is 32.7 Å². The van der Waals surface area contributed by atoms with Gasteiger partial charge < -0.3 is 19.1 Å². The molecule has 0 radical (unpaired) electrons. The molecule has 1 aromatic rings. The van der Waals surface area contributed by atoms with Crippen LogP contribution in [0.2, 0.25) is 0 Å². The number of piperidine rings is 1. The lowest BCUT2D eigenvalue weighted by atomic mass is 9.88. The van der Waals surface area contributed by atoms with Gasteiger partial charge in [-0.05, 0) is 32.6 Å². The van der Waals surface area contributed by atoms with Crippen molar-refractivity contribution < 1.29 is 9.53 Å². The molecule has 6 heteroatoms. The monoisotopic (exact) mass is 348 g/mol. The molecule has 1 atom stereocenters. The highest BCUT2D eigenvalue weighted by molar-refractivity contribution is 5.81. The summed E-state index contributed by atoms with van der Waals surface area (Å²) in [5, 5.41) is 0. The summed E-state index contributed by atoms with van der Waals surface area (Å²) in [5.74, 6) is 1.77. The van der Waals surface area contributed by atoms with Crippen molar-refractivity contribution in [3.05, 3.63) is 18.2 Å². The number of carbonyl (C=O) groups excluding carboxylic acids is 1. The Labute approximate surface area is 151 Å². The van der Waals surface area contributed by atoms with E-state index in [4.69, 9.17) is 4.74 Å². The first kappa shape index (κ1) is 18.4. The minimum atomic E-state index is -0.414. The van der Waals surface area contributed by atoms with E-state index in [9.17, 15) is 4.79 Å². The standard InChI is InChI=1S/C19H32N4O2/c1-5-22(6-2)17(24)16-14-23-12-9-20-18(23)19(25-16)7-10-21(11-8-19)13-15(3)4/h9,12,15-16H,5-8,10-11,13-14H2,1-4H3. The van der Waals surface area contributed by atoms with Gasteiger partial charge in [0.15, 0.2) is 6.10 Å². The Hall–Kier alpha value is -1.40. The predicted octanol–water partition coefficient (Wildman–Crippen LogP) is 2.10. The summed E-state index contributed by atoms with van der Waals surface area (Å²) in [6.07, 6.45) is 5.23. The van der Waals surface area contributed by atoms with Crippen molar-refractivity contribution in [3.63, 3.8) is 0 Å². The number of imidazole rings is 1. The van der Waals surface area contributed by atoms with E-state index in [1.54, 1.807) is 0 Å². The van der Waals surface area contributed by atoms with Gasteiger partial charge in [-0.2, -0.15) is 0 Å². The van der Waals surface area contributed by atoms with E-state index in [1.165, 1.54) is 0 Å². The number of hydrogen-bond donors (Lipinski definition) is 0. The third kappa shape index (κ3) is 3.60. The second-order valence-electron chi connectivity index (χ2n) is 7.71. The lowest BCUT2D eigenvalue weighted by Gasteiger charge is -2.46. The lowest BCUT2D eigenvalue weighted by molar-refractivity contribution is -0.181. The van der Waals surface area contributed by atoms with Crippen LogP contribution in [0.4, 0.5) is 0 Å². The van der Waals surface area contributed by atoms with Crippen LogP contribution in [-0.2, 0) is 21.7 Å². The van der Waals surface area contributed by atoms with E-state index >= 15 is 0 Å². The van der Waals surface area contributed by atoms with Crippen molar-refractivity contribution in [1.82, 2.24) is 19.4 Å². The normalized spacial score (nSPS) is 23.0. The molecule has 1 unspecified atom stereocenters. The molecule has 1 fully saturated rings. The highest BCUT2D eigenvalue weighted by atomic mass is 16.5. The van der Waals surface area contributed by atoms with Gasteiger partial charge in [0.1, 0.15) is 11.4 Å². The van der Waals surface area contributed by atoms with Crippen LogP contribution in [0.3, 0.4) is 0 Å². The zero-order valence-electron chi connectivity index (χ0n) is 16.1. The fourth-order valence-electron chi connectivity index (χ4n) is 4.22. The number of hydrogen-bond acceptors (Lipinski definition) is 4. The summed E-state index contributed by atoms with van der Waals surface area (Å²) in [7, 11) is 0. The summed E-state index contributed by atoms with van der Waals surface area (Å²) in [6, 6.07) is 0. The number of carbonyl (C=O) groups is 1. The largest absolute Gasteiger partial charge is 0.352 e. The van der Waals surface area contributed by atoms with Gasteiger partial charge in [0, 0.05) is 45.1 Å². The van der Waals surface area contributed by atoms with Crippen LogP contribution >= 0.6 is 0 Å². The third-order valence-corrected chi connectivity index (χ3v) is 5.49. The second-order valence-corrected chi connectivity index (χ2v) is 7.71. The molecule has 1 spiro atoms. The number of likely N-dealkylation sites (N-methyl/N-ethyl adjacent to an activating group) is 1. The third-order valence-electron chi connectivity index (χ3n) is 5.49. The Bertz CT molecular complexity index is 586. The van der Waals surface area contributed by atoms with Gasteiger partial charge in [-0.25, -0.2) is 4.98 Å². The fourth-order valence-corrected chi connectivity index (χ4v) is 4.22. The van der Waals surface area contributed by atoms with Crippen molar-refractivity contribution in [2.24, 2.45) is 5.92 Å². The van der Waals surface area contributed by atoms with Gasteiger partial charge in [0.05, 0.1) is 6.54 Å². The SMILES string of the molecule is CCN(CC)C(=O)C1Cn2ccnc2C2(CCN(CC(C)C)CC2)O1. The summed E-state index contributed by atoms with van der Waals surface area (Å²) in [4.78, 5) is 21.8. The molecule has 3 rings (SSSR count). The zero-order valence-corrected chi connectivity index (χ0v) is 16.1. The highest BCUT2D eigenvalue weighted by Gasteiger charge is 2.47. The summed E-state index contributed by atoms with van der Waals surface area (Å²) in [5.41, 5.74) is -0.414. The van der Waals surface area contributed by atoms with E-state index in [2.05, 4.69) is 28.3 Å². The number of nitrogens with zero attached hydrogens (tertiary/aromatic N) is 4. The molecule has 2 aliphatic rings. The number of ether oxygens (including phenoxy) is 1. The molecule has 0 N–H and O–H groups in total. The van der Waals surface area contributed by atoms with Crippen LogP contribution in [0.5, 0.6) is 0 Å². The molecule has 3 heterocycles. The van der Waals surface area contributed by atoms with Crippen molar-refractivity contribution in [2.45, 2.75) is 58.8 Å². The molecule has 0 saturated carbocycles. The average Bonchev–Trinajstić information content (AvgIpc) is 3.07. The van der Waals surface area contributed by atoms with E-state index in [0.29, 0.717) is 12.5 Å². The number of amides is 1. The van der Waals surface area contributed by atoms with Gasteiger partial charge in [0.2, 0.25) is 0 Å². The summed E-state index contributed by atoms with van der Waals surface area (Å²) >= 11 is 0. The smallest absolute Gasteiger partial charge is 0.253 e. The summed E-state index contributed by atoms with van der Waals surface area (Å²) in [6.45, 7) is 13.7. The van der Waals surface area contributed by atoms with E-state index in [-0.39, 0.29) is 5.91 Å². The Kier molecular flexibility index (Phi) is 5.49. The first-order valence-electron chi connectivity index (χ1n) is 9.69. The van der Waals surface area contributed by atoms with Gasteiger partial charge in [-0.3, -0.25) is 4.79 Å². The number of aromatic nitrogens is 2. The number of fused-ring (bicyclic) bond motifs is 2. The van der Waals surface area contributed by atoms with E-state index < -0.39 is 11.7 Å². The Morgan fingerprint density at radius 3 is 2.64 bits per heavy atom. The molecule has 140 valence electrons. The minimum Gasteiger partial charge on any atom is -0.352 e. The Morgan fingerprint density at radius 2 is 2.04 bits per heavy atom. The first-order valence-corrected chi connectivity index (χ1v) is 9.69. The fraction of sp³-hybridized carbons (Fsp3) is 0.789. The van der Waals surface area contributed by atoms with Gasteiger partial charge >= 0.3 is 0 Å². The minimum absolute atomic E-state index is 0.105. The Balaban J connectivity index is 1.79. The van der Waals surface area contributed by atoms with Crippen LogP contribution in [0.15, 0.2) is 12.4 Å². The molecule has 1 amide bonds. The zero-order chi connectivity index (χ0) is 18.0. The maximum Gasteiger partial charge on any atom is 0.253 e. The topological polar surface area (TPSA) is 50.6 Å². The van der Waals surface area contributed by atoms with Crippen LogP contribution in [0.25, 0.3) is 0 Å². The lowest BCUT2D eigenvalue weighted by Crippen LogP contribution is -2.54. The quantitative estimate of drug-likeness (QED) is 0.818. The van der Waals surface area contributed by atoms with Crippen molar-refractivity contribution in [1.29, 1.82) is 0 Å². The van der Waals surface area contributed by atoms with Crippen LogP contribution in [-0.4, -0.2) is 64.1 Å². The molecule has 25 heavy (non-hydrogen) atoms. The Morgan fingerprint density at radius 1 is 1.36 bits per heavy atom. The van der Waals surface area contributed by atoms with Crippen LogP contribution < -0.4 is 0 Å². The molecule has 0 aliphatic carbocycles. The molecular weight excluding hydrogens is 316 g/mol. The maximum absolute atomic E-state index is 12.9. The molecule has 0 bridgehead atoms. The number of rotatable bonds is 5. The number of likely N-dealkylation sites (tertiary alicyclic amines) is 1. The molecule has 6 nitrogen and oxygen atoms in total. The molecule has 1 saturated heterocycles. The molecular formula is C19H32N4O2. The second kappa shape index (κ2) is 7.46. The van der Waals surface area contributed by atoms with Crippen molar-refractivity contribution in [3.8, 4) is 0 Å². The average molecular weight is 348 g/mol. The van der Waals surface area contributed by atoms with E-state index in [1.807, 2.05) is 31.1 Å². The van der Waals surface area contributed by atoms with Gasteiger partial charge in [-0.15, -0.1) is 0 Å². The van der Waals surface area contributed by atoms with Crippen LogP contribution in [0.1, 0.15) is 46.4 Å². The van der Waals surface area contributed by atoms with E-state index in [0.717, 1.165) is 51.4 Å².